The number of hydrogen-bond acceptors (Lipinski definition) is 2. The van der Waals surface area contributed by atoms with Crippen LogP contribution in [0.2, 0.25) is 0 Å². The van der Waals surface area contributed by atoms with Crippen LogP contribution in [0.5, 0.6) is 0 Å². The van der Waals surface area contributed by atoms with Gasteiger partial charge in [-0.1, -0.05) is 36.8 Å². The first kappa shape index (κ1) is 13.6. The van der Waals surface area contributed by atoms with Crippen molar-refractivity contribution in [3.8, 4) is 0 Å². The van der Waals surface area contributed by atoms with E-state index in [4.69, 9.17) is 5.73 Å². The molecule has 2 rings (SSSR count). The average molecular weight is 246 g/mol. The Morgan fingerprint density at radius 1 is 1.11 bits per heavy atom. The van der Waals surface area contributed by atoms with Crippen LogP contribution >= 0.6 is 0 Å². The summed E-state index contributed by atoms with van der Waals surface area (Å²) >= 11 is 0. The molecule has 0 saturated carbocycles. The molecule has 1 aromatic carbocycles. The minimum Gasteiger partial charge on any atom is -0.329 e. The molecule has 0 aromatic heterocycles. The van der Waals surface area contributed by atoms with Crippen LogP contribution in [0.3, 0.4) is 0 Å². The zero-order chi connectivity index (χ0) is 12.8. The van der Waals surface area contributed by atoms with Crippen molar-refractivity contribution in [2.45, 2.75) is 44.6 Å². The minimum atomic E-state index is 0.177. The molecule has 1 saturated heterocycles. The number of aryl methyl sites for hydroxylation is 1. The summed E-state index contributed by atoms with van der Waals surface area (Å²) in [7, 11) is 0. The third kappa shape index (κ3) is 3.33. The van der Waals surface area contributed by atoms with E-state index in [-0.39, 0.29) is 5.54 Å². The highest BCUT2D eigenvalue weighted by molar-refractivity contribution is 5.15. The molecule has 18 heavy (non-hydrogen) atoms. The van der Waals surface area contributed by atoms with Crippen molar-refractivity contribution < 1.29 is 0 Å². The Morgan fingerprint density at radius 2 is 1.78 bits per heavy atom. The van der Waals surface area contributed by atoms with Crippen LogP contribution < -0.4 is 5.73 Å². The topological polar surface area (TPSA) is 29.3 Å². The van der Waals surface area contributed by atoms with Gasteiger partial charge in [0.15, 0.2) is 0 Å². The van der Waals surface area contributed by atoms with Gasteiger partial charge in [0, 0.05) is 12.1 Å². The molecular weight excluding hydrogens is 220 g/mol. The van der Waals surface area contributed by atoms with Crippen molar-refractivity contribution in [2.75, 3.05) is 19.6 Å². The molecule has 100 valence electrons. The second-order valence-electron chi connectivity index (χ2n) is 5.73. The number of nitrogens with two attached hydrogens (primary N) is 1. The van der Waals surface area contributed by atoms with Gasteiger partial charge in [-0.15, -0.1) is 0 Å². The summed E-state index contributed by atoms with van der Waals surface area (Å²) in [5.41, 5.74) is 7.66. The highest BCUT2D eigenvalue weighted by Crippen LogP contribution is 2.24. The minimum absolute atomic E-state index is 0.177. The van der Waals surface area contributed by atoms with Crippen molar-refractivity contribution in [2.24, 2.45) is 5.73 Å². The summed E-state index contributed by atoms with van der Waals surface area (Å²) in [4.78, 5) is 2.61. The van der Waals surface area contributed by atoms with Crippen molar-refractivity contribution in [3.63, 3.8) is 0 Å². The number of piperidine rings is 1. The highest BCUT2D eigenvalue weighted by atomic mass is 15.2. The van der Waals surface area contributed by atoms with Crippen molar-refractivity contribution in [1.82, 2.24) is 4.90 Å². The molecule has 1 aliphatic rings. The maximum atomic E-state index is 6.06. The molecule has 2 nitrogen and oxygen atoms in total. The van der Waals surface area contributed by atoms with E-state index >= 15 is 0 Å². The summed E-state index contributed by atoms with van der Waals surface area (Å²) in [5.74, 6) is 0. The zero-order valence-electron chi connectivity index (χ0n) is 11.6. The second-order valence-corrected chi connectivity index (χ2v) is 5.73. The number of nitrogens with zero attached hydrogens (tertiary/aromatic N) is 1. The second kappa shape index (κ2) is 6.35. The Bertz CT molecular complexity index is 343. The van der Waals surface area contributed by atoms with Gasteiger partial charge in [-0.3, -0.25) is 4.90 Å². The molecule has 0 spiro atoms. The fraction of sp³-hybridized carbons (Fsp3) is 0.625. The van der Waals surface area contributed by atoms with Gasteiger partial charge >= 0.3 is 0 Å². The van der Waals surface area contributed by atoms with E-state index in [2.05, 4.69) is 42.2 Å². The molecule has 0 radical (unpaired) electrons. The quantitative estimate of drug-likeness (QED) is 0.865. The Hall–Kier alpha value is -0.860. The molecule has 0 bridgehead atoms. The lowest BCUT2D eigenvalue weighted by Gasteiger charge is -2.43. The van der Waals surface area contributed by atoms with Gasteiger partial charge in [0.25, 0.3) is 0 Å². The Balaban J connectivity index is 1.94. The lowest BCUT2D eigenvalue weighted by molar-refractivity contribution is 0.0797. The van der Waals surface area contributed by atoms with E-state index < -0.39 is 0 Å². The van der Waals surface area contributed by atoms with E-state index in [1.54, 1.807) is 0 Å². The van der Waals surface area contributed by atoms with Crippen LogP contribution in [0.25, 0.3) is 0 Å². The Labute approximate surface area is 111 Å². The van der Waals surface area contributed by atoms with E-state index in [9.17, 15) is 0 Å². The van der Waals surface area contributed by atoms with Gasteiger partial charge in [0.2, 0.25) is 0 Å². The van der Waals surface area contributed by atoms with Crippen LogP contribution in [0.15, 0.2) is 30.3 Å². The Morgan fingerprint density at radius 3 is 2.39 bits per heavy atom. The van der Waals surface area contributed by atoms with Gasteiger partial charge in [0.05, 0.1) is 0 Å². The predicted octanol–water partition coefficient (Wildman–Crippen LogP) is 2.82. The number of hydrogen-bond donors (Lipinski definition) is 1. The molecule has 2 N–H and O–H groups in total. The summed E-state index contributed by atoms with van der Waals surface area (Å²) in [6, 6.07) is 10.8. The molecule has 0 amide bonds. The average Bonchev–Trinajstić information content (AvgIpc) is 2.47. The molecule has 1 heterocycles. The molecule has 1 unspecified atom stereocenters. The first-order chi connectivity index (χ1) is 8.74. The monoisotopic (exact) mass is 246 g/mol. The normalized spacial score (nSPS) is 20.6. The van der Waals surface area contributed by atoms with Crippen molar-refractivity contribution >= 4 is 0 Å². The lowest BCUT2D eigenvalue weighted by Crippen LogP contribution is -2.53. The molecule has 2 heteroatoms. The molecule has 1 fully saturated rings. The van der Waals surface area contributed by atoms with Gasteiger partial charge in [-0.05, 0) is 51.3 Å². The van der Waals surface area contributed by atoms with Crippen LogP contribution in [-0.4, -0.2) is 30.1 Å². The highest BCUT2D eigenvalue weighted by Gasteiger charge is 2.30. The van der Waals surface area contributed by atoms with Gasteiger partial charge in [-0.25, -0.2) is 0 Å². The maximum Gasteiger partial charge on any atom is 0.0306 e. The van der Waals surface area contributed by atoms with E-state index in [1.807, 2.05) is 0 Å². The van der Waals surface area contributed by atoms with Crippen LogP contribution in [-0.2, 0) is 6.42 Å². The number of rotatable bonds is 5. The zero-order valence-corrected chi connectivity index (χ0v) is 11.6. The largest absolute Gasteiger partial charge is 0.329 e. The number of likely N-dealkylation sites (tertiary alicyclic amines) is 1. The molecule has 0 aliphatic carbocycles. The smallest absolute Gasteiger partial charge is 0.0306 e. The summed E-state index contributed by atoms with van der Waals surface area (Å²) in [6.07, 6.45) is 6.34. The van der Waals surface area contributed by atoms with Crippen LogP contribution in [0.4, 0.5) is 0 Å². The van der Waals surface area contributed by atoms with Crippen LogP contribution in [0, 0.1) is 0 Å². The fourth-order valence-corrected chi connectivity index (χ4v) is 2.88. The third-order valence-electron chi connectivity index (χ3n) is 4.35. The fourth-order valence-electron chi connectivity index (χ4n) is 2.88. The molecule has 1 aromatic rings. The number of benzene rings is 1. The first-order valence-corrected chi connectivity index (χ1v) is 7.24. The molecule has 1 atom stereocenters. The molecular formula is C16H26N2. The van der Waals surface area contributed by atoms with Crippen molar-refractivity contribution in [3.05, 3.63) is 35.9 Å². The first-order valence-electron chi connectivity index (χ1n) is 7.24. The SMILES string of the molecule is CC(CN)(CCc1ccccc1)N1CCCCC1. The summed E-state index contributed by atoms with van der Waals surface area (Å²) in [5, 5.41) is 0. The Kier molecular flexibility index (Phi) is 4.79. The molecule has 1 aliphatic heterocycles. The summed E-state index contributed by atoms with van der Waals surface area (Å²) in [6.45, 7) is 5.55. The van der Waals surface area contributed by atoms with E-state index in [1.165, 1.54) is 37.9 Å². The maximum absolute atomic E-state index is 6.06. The van der Waals surface area contributed by atoms with Crippen LogP contribution in [0.1, 0.15) is 38.2 Å². The lowest BCUT2D eigenvalue weighted by atomic mass is 9.89. The van der Waals surface area contributed by atoms with Crippen molar-refractivity contribution in [1.29, 1.82) is 0 Å². The standard InChI is InChI=1S/C16H26N2/c1-16(14-17,18-12-6-3-7-13-18)11-10-15-8-4-2-5-9-15/h2,4-5,8-9H,3,6-7,10-14,17H2,1H3. The van der Waals surface area contributed by atoms with Gasteiger partial charge in [-0.2, -0.15) is 0 Å². The van der Waals surface area contributed by atoms with E-state index in [0.717, 1.165) is 19.4 Å². The third-order valence-corrected chi connectivity index (χ3v) is 4.35. The summed E-state index contributed by atoms with van der Waals surface area (Å²) < 4.78 is 0. The van der Waals surface area contributed by atoms with E-state index in [0.29, 0.717) is 0 Å². The van der Waals surface area contributed by atoms with Gasteiger partial charge in [0.1, 0.15) is 0 Å². The van der Waals surface area contributed by atoms with Gasteiger partial charge < -0.3 is 5.73 Å². The predicted molar refractivity (Wildman–Crippen MR) is 77.6 cm³/mol.